The van der Waals surface area contributed by atoms with E-state index in [1.165, 1.54) is 12.1 Å². The van der Waals surface area contributed by atoms with Gasteiger partial charge in [0.1, 0.15) is 0 Å². The van der Waals surface area contributed by atoms with Gasteiger partial charge in [0, 0.05) is 11.6 Å². The average Bonchev–Trinajstić information content (AvgIpc) is 1.99. The predicted octanol–water partition coefficient (Wildman–Crippen LogP) is 1.57. The minimum atomic E-state index is -1.08. The van der Waals surface area contributed by atoms with Crippen molar-refractivity contribution in [2.45, 2.75) is 0 Å². The van der Waals surface area contributed by atoms with Gasteiger partial charge in [-0.15, -0.1) is 0 Å². The molecule has 0 heterocycles. The number of halogens is 2. The van der Waals surface area contributed by atoms with Gasteiger partial charge in [0.05, 0.1) is 6.21 Å². The van der Waals surface area contributed by atoms with E-state index in [-0.39, 0.29) is 5.56 Å². The maximum Gasteiger partial charge on any atom is 0.168 e. The van der Waals surface area contributed by atoms with Crippen LogP contribution < -0.4 is 0 Å². The van der Waals surface area contributed by atoms with Crippen LogP contribution in [0.2, 0.25) is 0 Å². The van der Waals surface area contributed by atoms with Gasteiger partial charge in [-0.25, -0.2) is 8.78 Å². The zero-order valence-corrected chi connectivity index (χ0v) is 5.38. The summed E-state index contributed by atoms with van der Waals surface area (Å²) in [6.45, 7) is 0. The Hall–Kier alpha value is -1.45. The molecule has 0 fully saturated rings. The molecule has 0 aliphatic heterocycles. The van der Waals surface area contributed by atoms with E-state index in [1.54, 1.807) is 0 Å². The maximum atomic E-state index is 12.6. The Kier molecular flexibility index (Phi) is 2.15. The molecule has 1 N–H and O–H groups in total. The normalized spacial score (nSPS) is 10.7. The fraction of sp³-hybridized carbons (Fsp3) is 0. The standard InChI is InChI=1S/C7H4F2NO/c8-6-3-1-2-5(4-10-11)7(6)9/h1-2,4,11H. The Morgan fingerprint density at radius 3 is 2.91 bits per heavy atom. The molecule has 57 valence electrons. The van der Waals surface area contributed by atoms with E-state index in [2.05, 4.69) is 5.16 Å². The average molecular weight is 156 g/mol. The molecule has 1 aromatic rings. The molecular weight excluding hydrogens is 152 g/mol. The van der Waals surface area contributed by atoms with Crippen LogP contribution in [0.1, 0.15) is 5.56 Å². The second-order valence-electron chi connectivity index (χ2n) is 1.81. The molecule has 1 rings (SSSR count). The molecule has 0 saturated carbocycles. The van der Waals surface area contributed by atoms with Gasteiger partial charge in [-0.3, -0.25) is 0 Å². The molecule has 0 saturated heterocycles. The van der Waals surface area contributed by atoms with Crippen molar-refractivity contribution in [1.82, 2.24) is 0 Å². The molecule has 2 nitrogen and oxygen atoms in total. The third-order valence-corrected chi connectivity index (χ3v) is 1.12. The number of nitrogens with zero attached hydrogens (tertiary/aromatic N) is 1. The van der Waals surface area contributed by atoms with Crippen molar-refractivity contribution >= 4 is 6.21 Å². The lowest BCUT2D eigenvalue weighted by Gasteiger charge is -1.93. The van der Waals surface area contributed by atoms with Crippen molar-refractivity contribution in [2.24, 2.45) is 5.16 Å². The van der Waals surface area contributed by atoms with Gasteiger partial charge in [0.15, 0.2) is 11.6 Å². The summed E-state index contributed by atoms with van der Waals surface area (Å²) in [6, 6.07) is 4.47. The molecule has 4 heteroatoms. The van der Waals surface area contributed by atoms with Gasteiger partial charge in [0.2, 0.25) is 0 Å². The lowest BCUT2D eigenvalue weighted by atomic mass is 10.2. The fourth-order valence-electron chi connectivity index (χ4n) is 0.630. The first kappa shape index (κ1) is 7.65. The molecule has 1 aromatic carbocycles. The van der Waals surface area contributed by atoms with Crippen molar-refractivity contribution in [2.75, 3.05) is 0 Å². The summed E-state index contributed by atoms with van der Waals surface area (Å²) in [4.78, 5) is 0. The first-order valence-corrected chi connectivity index (χ1v) is 2.79. The molecule has 0 unspecified atom stereocenters. The molecule has 0 aliphatic carbocycles. The zero-order chi connectivity index (χ0) is 8.27. The monoisotopic (exact) mass is 156 g/mol. The molecule has 0 atom stereocenters. The Morgan fingerprint density at radius 1 is 1.55 bits per heavy atom. The van der Waals surface area contributed by atoms with E-state index in [9.17, 15) is 8.78 Å². The second-order valence-corrected chi connectivity index (χ2v) is 1.81. The largest absolute Gasteiger partial charge is 0.411 e. The molecule has 0 amide bonds. The van der Waals surface area contributed by atoms with Gasteiger partial charge < -0.3 is 5.21 Å². The minimum absolute atomic E-state index is 0.108. The summed E-state index contributed by atoms with van der Waals surface area (Å²) >= 11 is 0. The second kappa shape index (κ2) is 3.09. The van der Waals surface area contributed by atoms with Crippen molar-refractivity contribution in [3.63, 3.8) is 0 Å². The molecule has 0 bridgehead atoms. The number of oxime groups is 1. The van der Waals surface area contributed by atoms with Gasteiger partial charge in [-0.1, -0.05) is 11.2 Å². The van der Waals surface area contributed by atoms with Crippen molar-refractivity contribution in [3.8, 4) is 0 Å². The van der Waals surface area contributed by atoms with Crippen molar-refractivity contribution in [1.29, 1.82) is 0 Å². The zero-order valence-electron chi connectivity index (χ0n) is 5.38. The van der Waals surface area contributed by atoms with Crippen LogP contribution in [0.15, 0.2) is 17.3 Å². The molecule has 1 radical (unpaired) electrons. The topological polar surface area (TPSA) is 32.6 Å². The molecule has 0 spiro atoms. The highest BCUT2D eigenvalue weighted by atomic mass is 19.2. The Bertz CT molecular complexity index is 286. The number of rotatable bonds is 1. The van der Waals surface area contributed by atoms with E-state index in [0.717, 1.165) is 6.21 Å². The molecular formula is C7H4F2NO. The summed E-state index contributed by atoms with van der Waals surface area (Å²) in [6.07, 6.45) is 0.812. The lowest BCUT2D eigenvalue weighted by Crippen LogP contribution is -1.91. The number of benzene rings is 1. The van der Waals surface area contributed by atoms with E-state index < -0.39 is 11.6 Å². The molecule has 0 aromatic heterocycles. The van der Waals surface area contributed by atoms with Crippen molar-refractivity contribution in [3.05, 3.63) is 35.4 Å². The summed E-state index contributed by atoms with van der Waals surface area (Å²) in [5, 5.41) is 10.6. The quantitative estimate of drug-likeness (QED) is 0.373. The maximum absolute atomic E-state index is 12.6. The lowest BCUT2D eigenvalue weighted by molar-refractivity contribution is 0.321. The first-order chi connectivity index (χ1) is 5.25. The number of hydrogen-bond donors (Lipinski definition) is 1. The van der Waals surface area contributed by atoms with Crippen LogP contribution in [0.25, 0.3) is 0 Å². The fourth-order valence-corrected chi connectivity index (χ4v) is 0.630. The summed E-state index contributed by atoms with van der Waals surface area (Å²) in [5.41, 5.74) is -0.108. The third-order valence-electron chi connectivity index (χ3n) is 1.12. The van der Waals surface area contributed by atoms with Gasteiger partial charge in [-0.05, 0) is 6.07 Å². The highest BCUT2D eigenvalue weighted by Crippen LogP contribution is 2.07. The van der Waals surface area contributed by atoms with Crippen LogP contribution in [-0.2, 0) is 0 Å². The Labute approximate surface area is 61.8 Å². The highest BCUT2D eigenvalue weighted by molar-refractivity contribution is 5.79. The van der Waals surface area contributed by atoms with E-state index >= 15 is 0 Å². The first-order valence-electron chi connectivity index (χ1n) is 2.79. The summed E-state index contributed by atoms with van der Waals surface area (Å²) in [5.74, 6) is -2.15. The van der Waals surface area contributed by atoms with Crippen LogP contribution in [0, 0.1) is 17.7 Å². The van der Waals surface area contributed by atoms with Gasteiger partial charge in [-0.2, -0.15) is 0 Å². The van der Waals surface area contributed by atoms with Gasteiger partial charge in [0.25, 0.3) is 0 Å². The molecule has 0 aliphatic rings. The van der Waals surface area contributed by atoms with Crippen LogP contribution in [0.4, 0.5) is 8.78 Å². The smallest absolute Gasteiger partial charge is 0.168 e. The van der Waals surface area contributed by atoms with E-state index in [0.29, 0.717) is 0 Å². The summed E-state index contributed by atoms with van der Waals surface area (Å²) in [7, 11) is 0. The summed E-state index contributed by atoms with van der Waals surface area (Å²) < 4.78 is 24.9. The Balaban J connectivity index is 3.16. The SMILES string of the molecule is ON=Cc1cc[c]c(F)c1F. The third kappa shape index (κ3) is 1.52. The van der Waals surface area contributed by atoms with Crippen LogP contribution in [-0.4, -0.2) is 11.4 Å². The van der Waals surface area contributed by atoms with Crippen LogP contribution >= 0.6 is 0 Å². The minimum Gasteiger partial charge on any atom is -0.411 e. The predicted molar refractivity (Wildman–Crippen MR) is 34.6 cm³/mol. The van der Waals surface area contributed by atoms with Gasteiger partial charge >= 0.3 is 0 Å². The van der Waals surface area contributed by atoms with Crippen molar-refractivity contribution < 1.29 is 14.0 Å². The van der Waals surface area contributed by atoms with E-state index in [4.69, 9.17) is 5.21 Å². The van der Waals surface area contributed by atoms with Crippen LogP contribution in [0.5, 0.6) is 0 Å². The highest BCUT2D eigenvalue weighted by Gasteiger charge is 2.04. The Morgan fingerprint density at radius 2 is 2.27 bits per heavy atom. The number of hydrogen-bond acceptors (Lipinski definition) is 2. The van der Waals surface area contributed by atoms with Crippen LogP contribution in [0.3, 0.4) is 0 Å². The van der Waals surface area contributed by atoms with E-state index in [1.807, 2.05) is 6.07 Å². The molecule has 11 heavy (non-hydrogen) atoms.